The molecule has 4 rings (SSSR count). The van der Waals surface area contributed by atoms with Gasteiger partial charge in [0.1, 0.15) is 0 Å². The summed E-state index contributed by atoms with van der Waals surface area (Å²) >= 11 is 0. The van der Waals surface area contributed by atoms with Crippen LogP contribution in [-0.4, -0.2) is 51.3 Å². The van der Waals surface area contributed by atoms with Crippen molar-refractivity contribution >= 4 is 11.9 Å². The third-order valence-electron chi connectivity index (χ3n) is 4.47. The van der Waals surface area contributed by atoms with Gasteiger partial charge in [0, 0.05) is 37.8 Å². The van der Waals surface area contributed by atoms with Crippen molar-refractivity contribution in [2.45, 2.75) is 31.4 Å². The number of aromatic nitrogens is 4. The molecule has 0 unspecified atom stereocenters. The quantitative estimate of drug-likeness (QED) is 0.918. The molecule has 2 saturated heterocycles. The van der Waals surface area contributed by atoms with E-state index in [1.165, 1.54) is 0 Å². The second kappa shape index (κ2) is 5.73. The minimum Gasteiger partial charge on any atom is -0.371 e. The zero-order chi connectivity index (χ0) is 15.7. The summed E-state index contributed by atoms with van der Waals surface area (Å²) < 4.78 is 6.15. The first-order valence-corrected chi connectivity index (χ1v) is 7.94. The highest BCUT2D eigenvalue weighted by Gasteiger charge is 2.46. The van der Waals surface area contributed by atoms with Crippen LogP contribution in [0.2, 0.25) is 0 Å². The Balaban J connectivity index is 1.40. The van der Waals surface area contributed by atoms with Gasteiger partial charge in [0.2, 0.25) is 11.9 Å². The van der Waals surface area contributed by atoms with Crippen molar-refractivity contribution in [2.24, 2.45) is 0 Å². The molecule has 2 aliphatic heterocycles. The molecule has 1 spiro atoms. The summed E-state index contributed by atoms with van der Waals surface area (Å²) in [4.78, 5) is 19.5. The fourth-order valence-electron chi connectivity index (χ4n) is 3.34. The highest BCUT2D eigenvalue weighted by Crippen LogP contribution is 2.36. The second-order valence-corrected chi connectivity index (χ2v) is 6.34. The van der Waals surface area contributed by atoms with Gasteiger partial charge in [0.05, 0.1) is 24.8 Å². The predicted molar refractivity (Wildman–Crippen MR) is 86.3 cm³/mol. The molecule has 2 aromatic heterocycles. The molecular weight excluding hydrogens is 292 g/mol. The van der Waals surface area contributed by atoms with Gasteiger partial charge in [-0.05, 0) is 25.0 Å². The molecule has 0 amide bonds. The number of anilines is 2. The van der Waals surface area contributed by atoms with Crippen molar-refractivity contribution in [1.82, 2.24) is 19.9 Å². The van der Waals surface area contributed by atoms with Crippen LogP contribution in [0, 0.1) is 6.92 Å². The molecule has 0 radical (unpaired) electrons. The van der Waals surface area contributed by atoms with E-state index in [9.17, 15) is 0 Å². The molecule has 0 aromatic carbocycles. The van der Waals surface area contributed by atoms with Crippen molar-refractivity contribution in [3.8, 4) is 0 Å². The molecule has 2 aliphatic rings. The van der Waals surface area contributed by atoms with E-state index in [0.29, 0.717) is 12.6 Å². The van der Waals surface area contributed by atoms with Crippen LogP contribution in [0.5, 0.6) is 0 Å². The van der Waals surface area contributed by atoms with Crippen molar-refractivity contribution < 1.29 is 4.74 Å². The summed E-state index contributed by atoms with van der Waals surface area (Å²) in [6.45, 7) is 4.44. The van der Waals surface area contributed by atoms with E-state index in [1.807, 2.05) is 25.4 Å². The van der Waals surface area contributed by atoms with E-state index in [1.54, 1.807) is 12.4 Å². The summed E-state index contributed by atoms with van der Waals surface area (Å²) in [5, 5.41) is 3.36. The SMILES string of the molecule is Cc1cnc(N2CC[C@]3(C[C@@H](Nc4ncccn4)CO3)C2)nc1. The van der Waals surface area contributed by atoms with Gasteiger partial charge >= 0.3 is 0 Å². The first-order chi connectivity index (χ1) is 11.2. The molecule has 2 atom stereocenters. The standard InChI is InChI=1S/C16H20N6O/c1-12-8-19-15(20-9-12)22-6-3-16(11-22)7-13(10-23-16)21-14-17-4-2-5-18-14/h2,4-5,8-9,13H,3,6-7,10-11H2,1H3,(H,17,18,21)/t13-,16+/m1/s1. The highest BCUT2D eigenvalue weighted by molar-refractivity contribution is 5.34. The Labute approximate surface area is 135 Å². The molecule has 7 nitrogen and oxygen atoms in total. The maximum Gasteiger partial charge on any atom is 0.225 e. The Kier molecular flexibility index (Phi) is 3.57. The molecule has 4 heterocycles. The van der Waals surface area contributed by atoms with Crippen LogP contribution in [0.25, 0.3) is 0 Å². The average molecular weight is 312 g/mol. The molecule has 120 valence electrons. The molecule has 2 fully saturated rings. The topological polar surface area (TPSA) is 76.1 Å². The van der Waals surface area contributed by atoms with E-state index < -0.39 is 0 Å². The molecule has 2 aromatic rings. The maximum atomic E-state index is 6.15. The number of rotatable bonds is 3. The van der Waals surface area contributed by atoms with Gasteiger partial charge in [0.25, 0.3) is 0 Å². The Morgan fingerprint density at radius 2 is 2.00 bits per heavy atom. The number of ether oxygens (including phenoxy) is 1. The first-order valence-electron chi connectivity index (χ1n) is 7.94. The summed E-state index contributed by atoms with van der Waals surface area (Å²) in [5.74, 6) is 1.45. The van der Waals surface area contributed by atoms with Crippen LogP contribution in [0.1, 0.15) is 18.4 Å². The summed E-state index contributed by atoms with van der Waals surface area (Å²) in [7, 11) is 0. The van der Waals surface area contributed by atoms with E-state index in [2.05, 4.69) is 30.2 Å². The molecule has 0 bridgehead atoms. The lowest BCUT2D eigenvalue weighted by Crippen LogP contribution is -2.34. The lowest BCUT2D eigenvalue weighted by Gasteiger charge is -2.23. The van der Waals surface area contributed by atoms with Crippen LogP contribution in [-0.2, 0) is 4.74 Å². The molecule has 23 heavy (non-hydrogen) atoms. The molecule has 0 aliphatic carbocycles. The van der Waals surface area contributed by atoms with Gasteiger partial charge in [0.15, 0.2) is 0 Å². The summed E-state index contributed by atoms with van der Waals surface area (Å²) in [6.07, 6.45) is 9.16. The minimum atomic E-state index is -0.110. The third kappa shape index (κ3) is 2.96. The predicted octanol–water partition coefficient (Wildman–Crippen LogP) is 1.42. The van der Waals surface area contributed by atoms with Gasteiger partial charge in [-0.25, -0.2) is 19.9 Å². The third-order valence-corrected chi connectivity index (χ3v) is 4.47. The van der Waals surface area contributed by atoms with E-state index in [0.717, 1.165) is 37.4 Å². The molecular formula is C16H20N6O. The number of hydrogen-bond acceptors (Lipinski definition) is 7. The van der Waals surface area contributed by atoms with Gasteiger partial charge in [-0.3, -0.25) is 0 Å². The smallest absolute Gasteiger partial charge is 0.225 e. The van der Waals surface area contributed by atoms with E-state index in [-0.39, 0.29) is 11.6 Å². The summed E-state index contributed by atoms with van der Waals surface area (Å²) in [6, 6.07) is 2.06. The summed E-state index contributed by atoms with van der Waals surface area (Å²) in [5.41, 5.74) is 0.965. The van der Waals surface area contributed by atoms with E-state index in [4.69, 9.17) is 4.74 Å². The van der Waals surface area contributed by atoms with Gasteiger partial charge < -0.3 is 15.0 Å². The van der Waals surface area contributed by atoms with Crippen LogP contribution in [0.3, 0.4) is 0 Å². The monoisotopic (exact) mass is 312 g/mol. The number of aryl methyl sites for hydroxylation is 1. The number of nitrogens with one attached hydrogen (secondary N) is 1. The Morgan fingerprint density at radius 3 is 2.78 bits per heavy atom. The van der Waals surface area contributed by atoms with Crippen LogP contribution in [0.4, 0.5) is 11.9 Å². The van der Waals surface area contributed by atoms with Crippen molar-refractivity contribution in [2.75, 3.05) is 29.9 Å². The lowest BCUT2D eigenvalue weighted by molar-refractivity contribution is 0.0228. The lowest BCUT2D eigenvalue weighted by atomic mass is 9.97. The van der Waals surface area contributed by atoms with Crippen LogP contribution in [0.15, 0.2) is 30.9 Å². The fourth-order valence-corrected chi connectivity index (χ4v) is 3.34. The highest BCUT2D eigenvalue weighted by atomic mass is 16.5. The number of hydrogen-bond donors (Lipinski definition) is 1. The average Bonchev–Trinajstić information content (AvgIpc) is 3.16. The zero-order valence-electron chi connectivity index (χ0n) is 13.1. The molecule has 1 N–H and O–H groups in total. The van der Waals surface area contributed by atoms with Crippen molar-refractivity contribution in [1.29, 1.82) is 0 Å². The Morgan fingerprint density at radius 1 is 1.22 bits per heavy atom. The zero-order valence-corrected chi connectivity index (χ0v) is 13.1. The normalized spacial score (nSPS) is 26.8. The minimum absolute atomic E-state index is 0.110. The van der Waals surface area contributed by atoms with Crippen LogP contribution < -0.4 is 10.2 Å². The van der Waals surface area contributed by atoms with Crippen molar-refractivity contribution in [3.05, 3.63) is 36.4 Å². The molecule has 0 saturated carbocycles. The number of nitrogens with zero attached hydrogens (tertiary/aromatic N) is 5. The van der Waals surface area contributed by atoms with Gasteiger partial charge in [-0.2, -0.15) is 0 Å². The fraction of sp³-hybridized carbons (Fsp3) is 0.500. The Hall–Kier alpha value is -2.28. The van der Waals surface area contributed by atoms with E-state index >= 15 is 0 Å². The first kappa shape index (κ1) is 14.3. The second-order valence-electron chi connectivity index (χ2n) is 6.34. The van der Waals surface area contributed by atoms with Gasteiger partial charge in [-0.1, -0.05) is 0 Å². The Bertz CT molecular complexity index is 664. The molecule has 7 heteroatoms. The van der Waals surface area contributed by atoms with Gasteiger partial charge in [-0.15, -0.1) is 0 Å². The maximum absolute atomic E-state index is 6.15. The van der Waals surface area contributed by atoms with Crippen LogP contribution >= 0.6 is 0 Å². The van der Waals surface area contributed by atoms with Crippen molar-refractivity contribution in [3.63, 3.8) is 0 Å². The largest absolute Gasteiger partial charge is 0.371 e.